The molecule has 0 aromatic rings. The highest BCUT2D eigenvalue weighted by Crippen LogP contribution is 2.39. The predicted octanol–water partition coefficient (Wildman–Crippen LogP) is 3.77. The minimum atomic E-state index is -1.05. The van der Waals surface area contributed by atoms with Crippen LogP contribution < -0.4 is 0 Å². The van der Waals surface area contributed by atoms with Gasteiger partial charge in [-0.25, -0.2) is 4.39 Å². The minimum Gasteiger partial charge on any atom is -0.497 e. The van der Waals surface area contributed by atoms with Gasteiger partial charge in [-0.05, 0) is 29.5 Å². The molecule has 1 nitrogen and oxygen atoms in total. The first-order valence-corrected chi connectivity index (χ1v) is 5.53. The van der Waals surface area contributed by atoms with Gasteiger partial charge in [0.05, 0.1) is 7.11 Å². The highest BCUT2D eigenvalue weighted by molar-refractivity contribution is 14.1. The van der Waals surface area contributed by atoms with Crippen LogP contribution in [0.15, 0.2) is 33.1 Å². The average molecular weight is 308 g/mol. The molecule has 0 aromatic carbocycles. The van der Waals surface area contributed by atoms with Crippen LogP contribution in [0.5, 0.6) is 0 Å². The summed E-state index contributed by atoms with van der Waals surface area (Å²) in [4.78, 5) is 0. The zero-order valence-corrected chi connectivity index (χ0v) is 10.8. The van der Waals surface area contributed by atoms with Crippen LogP contribution in [-0.2, 0) is 4.74 Å². The maximum Gasteiger partial charge on any atom is 0.164 e. The van der Waals surface area contributed by atoms with E-state index in [0.717, 1.165) is 14.7 Å². The minimum absolute atomic E-state index is 0.111. The van der Waals surface area contributed by atoms with Crippen molar-refractivity contribution in [3.63, 3.8) is 0 Å². The Morgan fingerprint density at radius 3 is 2.57 bits per heavy atom. The average Bonchev–Trinajstić information content (AvgIpc) is 2.20. The molecule has 0 aliphatic heterocycles. The van der Waals surface area contributed by atoms with E-state index in [0.29, 0.717) is 5.76 Å². The van der Waals surface area contributed by atoms with E-state index in [2.05, 4.69) is 29.2 Å². The molecular formula is C11H14FIO. The Balaban J connectivity index is 3.30. The summed E-state index contributed by atoms with van der Waals surface area (Å²) in [6.45, 7) is 7.51. The first kappa shape index (κ1) is 11.8. The second kappa shape index (κ2) is 4.47. The Labute approximate surface area is 97.9 Å². The number of rotatable bonds is 2. The summed E-state index contributed by atoms with van der Waals surface area (Å²) in [7, 11) is 1.50. The Bertz CT molecular complexity index is 317. The van der Waals surface area contributed by atoms with Gasteiger partial charge in [-0.2, -0.15) is 0 Å². The van der Waals surface area contributed by atoms with Crippen molar-refractivity contribution in [3.05, 3.63) is 33.1 Å². The molecule has 0 saturated carbocycles. The Hall–Kier alpha value is -0.320. The van der Waals surface area contributed by atoms with Crippen LogP contribution in [-0.4, -0.2) is 13.3 Å². The Morgan fingerprint density at radius 1 is 1.57 bits per heavy atom. The molecule has 0 radical (unpaired) electrons. The van der Waals surface area contributed by atoms with Crippen molar-refractivity contribution in [1.29, 1.82) is 0 Å². The molecule has 3 heteroatoms. The first-order chi connectivity index (χ1) is 6.54. The molecule has 1 aliphatic carbocycles. The van der Waals surface area contributed by atoms with Crippen LogP contribution in [0.25, 0.3) is 0 Å². The largest absolute Gasteiger partial charge is 0.497 e. The molecule has 14 heavy (non-hydrogen) atoms. The number of hydrogen-bond acceptors (Lipinski definition) is 1. The summed E-state index contributed by atoms with van der Waals surface area (Å²) in [6, 6.07) is 0. The van der Waals surface area contributed by atoms with Crippen LogP contribution in [0.1, 0.15) is 13.8 Å². The van der Waals surface area contributed by atoms with E-state index in [9.17, 15) is 4.39 Å². The van der Waals surface area contributed by atoms with Crippen molar-refractivity contribution in [1.82, 2.24) is 0 Å². The third kappa shape index (κ3) is 1.74. The lowest BCUT2D eigenvalue weighted by Gasteiger charge is -2.27. The maximum absolute atomic E-state index is 13.8. The zero-order chi connectivity index (χ0) is 10.9. The molecule has 0 bridgehead atoms. The van der Waals surface area contributed by atoms with Crippen LogP contribution in [0.2, 0.25) is 0 Å². The lowest BCUT2D eigenvalue weighted by Crippen LogP contribution is -2.23. The summed E-state index contributed by atoms with van der Waals surface area (Å²) in [5, 5.41) is 0. The van der Waals surface area contributed by atoms with Crippen molar-refractivity contribution >= 4 is 22.6 Å². The van der Waals surface area contributed by atoms with Crippen molar-refractivity contribution in [2.45, 2.75) is 20.0 Å². The maximum atomic E-state index is 13.8. The van der Waals surface area contributed by atoms with Gasteiger partial charge in [-0.1, -0.05) is 25.2 Å². The summed E-state index contributed by atoms with van der Waals surface area (Å²) in [6.07, 6.45) is 0.606. The number of hydrogen-bond donors (Lipinski definition) is 0. The third-order valence-corrected chi connectivity index (χ3v) is 4.08. The van der Waals surface area contributed by atoms with Gasteiger partial charge in [-0.3, -0.25) is 0 Å². The molecule has 0 N–H and O–H groups in total. The summed E-state index contributed by atoms with van der Waals surface area (Å²) < 4.78 is 20.0. The molecule has 2 atom stereocenters. The van der Waals surface area contributed by atoms with Gasteiger partial charge in [0, 0.05) is 15.1 Å². The number of halogens is 2. The third-order valence-electron chi connectivity index (χ3n) is 2.64. The fraction of sp³-hybridized carbons (Fsp3) is 0.455. The topological polar surface area (TPSA) is 9.23 Å². The lowest BCUT2D eigenvalue weighted by atomic mass is 9.88. The van der Waals surface area contributed by atoms with Gasteiger partial charge in [0.2, 0.25) is 0 Å². The molecule has 0 fully saturated rings. The highest BCUT2D eigenvalue weighted by Gasteiger charge is 2.32. The quantitative estimate of drug-likeness (QED) is 0.706. The van der Waals surface area contributed by atoms with E-state index in [1.54, 1.807) is 6.08 Å². The standard InChI is InChI=1S/C11H14FIO/c1-5-8-10(13)7(3)6(2)9(12)11(8)14-4/h5-6,9H,1H2,2-4H3/t6?,9-/m1/s1. The Kier molecular flexibility index (Phi) is 3.75. The number of allylic oxidation sites excluding steroid dienone is 5. The fourth-order valence-electron chi connectivity index (χ4n) is 1.53. The summed E-state index contributed by atoms with van der Waals surface area (Å²) in [5.74, 6) is 0.294. The van der Waals surface area contributed by atoms with Crippen LogP contribution in [0.3, 0.4) is 0 Å². The van der Waals surface area contributed by atoms with Crippen molar-refractivity contribution in [2.24, 2.45) is 5.92 Å². The predicted molar refractivity (Wildman–Crippen MR) is 65.0 cm³/mol. The molecule has 0 aromatic heterocycles. The fourth-order valence-corrected chi connectivity index (χ4v) is 2.51. The van der Waals surface area contributed by atoms with Gasteiger partial charge in [-0.15, -0.1) is 0 Å². The smallest absolute Gasteiger partial charge is 0.164 e. The molecule has 1 rings (SSSR count). The second-order valence-corrected chi connectivity index (χ2v) is 4.45. The molecule has 78 valence electrons. The number of ether oxygens (including phenoxy) is 1. The normalized spacial score (nSPS) is 28.1. The molecule has 0 heterocycles. The number of methoxy groups -OCH3 is 1. The molecule has 0 spiro atoms. The van der Waals surface area contributed by atoms with Gasteiger partial charge < -0.3 is 4.74 Å². The van der Waals surface area contributed by atoms with Gasteiger partial charge in [0.15, 0.2) is 6.17 Å². The van der Waals surface area contributed by atoms with Gasteiger partial charge in [0.1, 0.15) is 5.76 Å². The van der Waals surface area contributed by atoms with Gasteiger partial charge in [0.25, 0.3) is 0 Å². The van der Waals surface area contributed by atoms with E-state index in [1.807, 2.05) is 13.8 Å². The number of alkyl halides is 1. The SMILES string of the molecule is C=CC1=C(OC)[C@H](F)C(C)C(C)=C1I. The van der Waals surface area contributed by atoms with E-state index < -0.39 is 6.17 Å². The molecule has 0 saturated heterocycles. The van der Waals surface area contributed by atoms with E-state index in [4.69, 9.17) is 4.74 Å². The second-order valence-electron chi connectivity index (χ2n) is 3.37. The van der Waals surface area contributed by atoms with Gasteiger partial charge >= 0.3 is 0 Å². The van der Waals surface area contributed by atoms with E-state index >= 15 is 0 Å². The molecule has 0 amide bonds. The lowest BCUT2D eigenvalue weighted by molar-refractivity contribution is 0.171. The van der Waals surface area contributed by atoms with Crippen molar-refractivity contribution < 1.29 is 9.13 Å². The van der Waals surface area contributed by atoms with Crippen LogP contribution in [0.4, 0.5) is 4.39 Å². The van der Waals surface area contributed by atoms with Crippen molar-refractivity contribution in [3.8, 4) is 0 Å². The Morgan fingerprint density at radius 2 is 2.14 bits per heavy atom. The monoisotopic (exact) mass is 308 g/mol. The summed E-state index contributed by atoms with van der Waals surface area (Å²) >= 11 is 2.21. The molecular weight excluding hydrogens is 294 g/mol. The molecule has 1 unspecified atom stereocenters. The van der Waals surface area contributed by atoms with Crippen LogP contribution >= 0.6 is 22.6 Å². The first-order valence-electron chi connectivity index (χ1n) is 4.45. The van der Waals surface area contributed by atoms with E-state index in [1.165, 1.54) is 7.11 Å². The summed E-state index contributed by atoms with van der Waals surface area (Å²) in [5.41, 5.74) is 1.85. The van der Waals surface area contributed by atoms with Crippen molar-refractivity contribution in [2.75, 3.05) is 7.11 Å². The van der Waals surface area contributed by atoms with E-state index in [-0.39, 0.29) is 5.92 Å². The zero-order valence-electron chi connectivity index (χ0n) is 8.60. The van der Waals surface area contributed by atoms with Crippen LogP contribution in [0, 0.1) is 5.92 Å². The highest BCUT2D eigenvalue weighted by atomic mass is 127. The molecule has 1 aliphatic rings.